The van der Waals surface area contributed by atoms with E-state index < -0.39 is 0 Å². The fourth-order valence-electron chi connectivity index (χ4n) is 4.27. The van der Waals surface area contributed by atoms with E-state index in [-0.39, 0.29) is 19.1 Å². The zero-order valence-electron chi connectivity index (χ0n) is 16.4. The standard InChI is InChI=1S/C24H20N2O3S/c1-30-17-9-6-15(7-10-17)24-26-20(18-4-2-3-5-21(18)29-24)13-19(25-26)16-8-11-22-23(12-16)28-14-27-22/h2-12,20,24H,13-14H2,1H3/t20-,24-/m1/s1. The molecule has 0 saturated heterocycles. The van der Waals surface area contributed by atoms with Gasteiger partial charge in [-0.1, -0.05) is 30.3 Å². The largest absolute Gasteiger partial charge is 0.464 e. The van der Waals surface area contributed by atoms with Crippen molar-refractivity contribution in [2.45, 2.75) is 23.6 Å². The number of hydrogen-bond acceptors (Lipinski definition) is 6. The minimum absolute atomic E-state index is 0.139. The Bertz CT molecular complexity index is 1150. The first kappa shape index (κ1) is 17.7. The van der Waals surface area contributed by atoms with E-state index in [9.17, 15) is 0 Å². The normalized spacial score (nSPS) is 21.0. The van der Waals surface area contributed by atoms with E-state index in [0.717, 1.165) is 40.5 Å². The van der Waals surface area contributed by atoms with Gasteiger partial charge in [0.05, 0.1) is 11.8 Å². The van der Waals surface area contributed by atoms with Crippen molar-refractivity contribution in [3.05, 3.63) is 83.4 Å². The van der Waals surface area contributed by atoms with Crippen LogP contribution in [0, 0.1) is 0 Å². The monoisotopic (exact) mass is 416 g/mol. The number of thioether (sulfide) groups is 1. The van der Waals surface area contributed by atoms with Crippen molar-refractivity contribution in [1.82, 2.24) is 5.01 Å². The van der Waals surface area contributed by atoms with Crippen molar-refractivity contribution in [2.24, 2.45) is 5.10 Å². The van der Waals surface area contributed by atoms with Crippen molar-refractivity contribution in [2.75, 3.05) is 13.0 Å². The lowest BCUT2D eigenvalue weighted by molar-refractivity contribution is -0.0190. The maximum absolute atomic E-state index is 6.43. The van der Waals surface area contributed by atoms with Crippen LogP contribution in [0.5, 0.6) is 17.2 Å². The molecule has 3 aromatic carbocycles. The summed E-state index contributed by atoms with van der Waals surface area (Å²) in [6, 6.07) is 23.0. The Morgan fingerprint density at radius 3 is 2.63 bits per heavy atom. The molecule has 3 heterocycles. The Labute approximate surface area is 179 Å². The fourth-order valence-corrected chi connectivity index (χ4v) is 4.68. The summed E-state index contributed by atoms with van der Waals surface area (Å²) in [4.78, 5) is 1.23. The molecule has 3 aromatic rings. The van der Waals surface area contributed by atoms with Gasteiger partial charge in [0, 0.05) is 28.0 Å². The first-order valence-electron chi connectivity index (χ1n) is 9.95. The molecule has 0 aromatic heterocycles. The minimum atomic E-state index is -0.257. The first-order chi connectivity index (χ1) is 14.8. The smallest absolute Gasteiger partial charge is 0.231 e. The van der Waals surface area contributed by atoms with Crippen LogP contribution in [-0.2, 0) is 0 Å². The van der Waals surface area contributed by atoms with Crippen LogP contribution in [0.2, 0.25) is 0 Å². The zero-order chi connectivity index (χ0) is 20.1. The van der Waals surface area contributed by atoms with Crippen molar-refractivity contribution < 1.29 is 14.2 Å². The molecule has 0 fully saturated rings. The molecule has 0 bridgehead atoms. The van der Waals surface area contributed by atoms with Gasteiger partial charge < -0.3 is 14.2 Å². The van der Waals surface area contributed by atoms with Crippen molar-refractivity contribution in [3.63, 3.8) is 0 Å². The van der Waals surface area contributed by atoms with Gasteiger partial charge in [0.1, 0.15) is 5.75 Å². The summed E-state index contributed by atoms with van der Waals surface area (Å²) in [5, 5.41) is 7.14. The Morgan fingerprint density at radius 1 is 0.933 bits per heavy atom. The summed E-state index contributed by atoms with van der Waals surface area (Å²) in [6.45, 7) is 0.273. The van der Waals surface area contributed by atoms with Crippen LogP contribution in [0.15, 0.2) is 76.7 Å². The lowest BCUT2D eigenvalue weighted by Gasteiger charge is -2.38. The molecule has 3 aliphatic rings. The highest BCUT2D eigenvalue weighted by molar-refractivity contribution is 7.98. The molecule has 0 radical (unpaired) electrons. The van der Waals surface area contributed by atoms with Crippen LogP contribution in [0.25, 0.3) is 0 Å². The van der Waals surface area contributed by atoms with Gasteiger partial charge in [-0.15, -0.1) is 11.8 Å². The number of benzene rings is 3. The Kier molecular flexibility index (Phi) is 4.13. The highest BCUT2D eigenvalue weighted by Crippen LogP contribution is 2.48. The molecule has 0 spiro atoms. The molecule has 6 heteroatoms. The van der Waals surface area contributed by atoms with Crippen LogP contribution < -0.4 is 14.2 Å². The van der Waals surface area contributed by atoms with E-state index >= 15 is 0 Å². The second-order valence-corrected chi connectivity index (χ2v) is 8.38. The van der Waals surface area contributed by atoms with Crippen molar-refractivity contribution in [1.29, 1.82) is 0 Å². The molecule has 0 saturated carbocycles. The summed E-state index contributed by atoms with van der Waals surface area (Å²) < 4.78 is 17.5. The summed E-state index contributed by atoms with van der Waals surface area (Å²) in [5.41, 5.74) is 4.36. The molecule has 0 N–H and O–H groups in total. The molecule has 6 rings (SSSR count). The number of para-hydroxylation sites is 1. The molecule has 150 valence electrons. The molecule has 0 aliphatic carbocycles. The van der Waals surface area contributed by atoms with Crippen LogP contribution in [0.4, 0.5) is 0 Å². The highest BCUT2D eigenvalue weighted by atomic mass is 32.2. The van der Waals surface area contributed by atoms with E-state index in [1.54, 1.807) is 11.8 Å². The molecule has 2 atom stereocenters. The van der Waals surface area contributed by atoms with Crippen molar-refractivity contribution in [3.8, 4) is 17.2 Å². The van der Waals surface area contributed by atoms with Gasteiger partial charge in [0.15, 0.2) is 11.5 Å². The van der Waals surface area contributed by atoms with Gasteiger partial charge in [0.2, 0.25) is 13.0 Å². The quantitative estimate of drug-likeness (QED) is 0.537. The van der Waals surface area contributed by atoms with E-state index in [2.05, 4.69) is 59.8 Å². The second kappa shape index (κ2) is 6.99. The average Bonchev–Trinajstić information content (AvgIpc) is 3.45. The third-order valence-electron chi connectivity index (χ3n) is 5.81. The molecule has 30 heavy (non-hydrogen) atoms. The van der Waals surface area contributed by atoms with Crippen LogP contribution in [-0.4, -0.2) is 23.8 Å². The highest BCUT2D eigenvalue weighted by Gasteiger charge is 2.41. The van der Waals surface area contributed by atoms with Crippen LogP contribution in [0.1, 0.15) is 35.4 Å². The summed E-state index contributed by atoms with van der Waals surface area (Å²) >= 11 is 1.74. The molecule has 0 amide bonds. The summed E-state index contributed by atoms with van der Waals surface area (Å²) in [6.07, 6.45) is 2.65. The molecular formula is C24H20N2O3S. The summed E-state index contributed by atoms with van der Waals surface area (Å²) in [5.74, 6) is 2.50. The van der Waals surface area contributed by atoms with Gasteiger partial charge in [-0.05, 0) is 42.7 Å². The molecule has 0 unspecified atom stereocenters. The predicted octanol–water partition coefficient (Wildman–Crippen LogP) is 5.38. The topological polar surface area (TPSA) is 43.3 Å². The maximum Gasteiger partial charge on any atom is 0.231 e. The molecule has 3 aliphatic heterocycles. The number of rotatable bonds is 3. The first-order valence-corrected chi connectivity index (χ1v) is 11.2. The van der Waals surface area contributed by atoms with Gasteiger partial charge in [-0.2, -0.15) is 5.10 Å². The van der Waals surface area contributed by atoms with Crippen molar-refractivity contribution >= 4 is 17.5 Å². The fraction of sp³-hybridized carbons (Fsp3) is 0.208. The van der Waals surface area contributed by atoms with E-state index in [4.69, 9.17) is 19.3 Å². The average molecular weight is 417 g/mol. The number of hydrazone groups is 1. The minimum Gasteiger partial charge on any atom is -0.464 e. The van der Waals surface area contributed by atoms with E-state index in [1.807, 2.05) is 18.2 Å². The van der Waals surface area contributed by atoms with E-state index in [1.165, 1.54) is 10.5 Å². The maximum atomic E-state index is 6.43. The zero-order valence-corrected chi connectivity index (χ0v) is 17.3. The number of nitrogens with zero attached hydrogens (tertiary/aromatic N) is 2. The second-order valence-electron chi connectivity index (χ2n) is 7.50. The third-order valence-corrected chi connectivity index (χ3v) is 6.55. The predicted molar refractivity (Wildman–Crippen MR) is 116 cm³/mol. The number of fused-ring (bicyclic) bond motifs is 4. The Balaban J connectivity index is 1.41. The van der Waals surface area contributed by atoms with Crippen LogP contribution >= 0.6 is 11.8 Å². The van der Waals surface area contributed by atoms with E-state index in [0.29, 0.717) is 0 Å². The molecular weight excluding hydrogens is 396 g/mol. The Morgan fingerprint density at radius 2 is 1.77 bits per heavy atom. The van der Waals surface area contributed by atoms with Crippen LogP contribution in [0.3, 0.4) is 0 Å². The lowest BCUT2D eigenvalue weighted by atomic mass is 9.96. The van der Waals surface area contributed by atoms with Gasteiger partial charge >= 0.3 is 0 Å². The Hall–Kier alpha value is -3.12. The van der Waals surface area contributed by atoms with Gasteiger partial charge in [-0.3, -0.25) is 0 Å². The SMILES string of the molecule is CSc1ccc([C@H]2Oc3ccccc3[C@H]3CC(c4ccc5c(c4)OCO5)=NN32)cc1. The molecule has 5 nitrogen and oxygen atoms in total. The third kappa shape index (κ3) is 2.82. The lowest BCUT2D eigenvalue weighted by Crippen LogP contribution is -2.33. The van der Waals surface area contributed by atoms with Gasteiger partial charge in [0.25, 0.3) is 0 Å². The summed E-state index contributed by atoms with van der Waals surface area (Å²) in [7, 11) is 0. The number of hydrogen-bond donors (Lipinski definition) is 0. The number of ether oxygens (including phenoxy) is 3. The van der Waals surface area contributed by atoms with Gasteiger partial charge in [-0.25, -0.2) is 5.01 Å².